The zero-order chi connectivity index (χ0) is 36.6. The Bertz CT molecular complexity index is 3420. The van der Waals surface area contributed by atoms with Crippen LogP contribution >= 0.6 is 0 Å². The summed E-state index contributed by atoms with van der Waals surface area (Å²) in [6.07, 6.45) is 0. The number of fused-ring (bicyclic) bond motifs is 9. The second-order valence-electron chi connectivity index (χ2n) is 14.0. The van der Waals surface area contributed by atoms with Crippen LogP contribution < -0.4 is 0 Å². The first kappa shape index (κ1) is 30.7. The van der Waals surface area contributed by atoms with Crippen LogP contribution in [-0.2, 0) is 0 Å². The van der Waals surface area contributed by atoms with Crippen LogP contribution in [-0.4, -0.2) is 13.7 Å². The summed E-state index contributed by atoms with van der Waals surface area (Å²) in [5.74, 6) is 0. The number of benzene rings is 8. The van der Waals surface area contributed by atoms with Crippen molar-refractivity contribution in [1.82, 2.24) is 13.7 Å². The largest absolute Gasteiger partial charge is 0.309 e. The fourth-order valence-electron chi connectivity index (χ4n) is 8.83. The Hall–Kier alpha value is -7.86. The number of aromatic nitrogens is 3. The molecular formula is C50H29N5. The summed E-state index contributed by atoms with van der Waals surface area (Å²) in [6, 6.07) is 66.0. The maximum Gasteiger partial charge on any atom is 0.101 e. The van der Waals surface area contributed by atoms with Crippen molar-refractivity contribution in [2.45, 2.75) is 0 Å². The molecular weight excluding hydrogens is 671 g/mol. The lowest BCUT2D eigenvalue weighted by Gasteiger charge is -2.14. The van der Waals surface area contributed by atoms with Gasteiger partial charge in [-0.25, -0.2) is 0 Å². The zero-order valence-electron chi connectivity index (χ0n) is 29.5. The van der Waals surface area contributed by atoms with Gasteiger partial charge in [0.25, 0.3) is 0 Å². The highest BCUT2D eigenvalue weighted by atomic mass is 15.0. The molecule has 55 heavy (non-hydrogen) atoms. The molecule has 0 bridgehead atoms. The number of para-hydroxylation sites is 4. The van der Waals surface area contributed by atoms with Crippen LogP contribution in [0, 0.1) is 22.7 Å². The molecule has 0 saturated carbocycles. The normalized spacial score (nSPS) is 11.6. The van der Waals surface area contributed by atoms with Gasteiger partial charge in [0.1, 0.15) is 6.07 Å². The van der Waals surface area contributed by atoms with E-state index in [9.17, 15) is 10.5 Å². The molecule has 0 aliphatic heterocycles. The van der Waals surface area contributed by atoms with Crippen LogP contribution in [0.25, 0.3) is 93.6 Å². The highest BCUT2D eigenvalue weighted by molar-refractivity contribution is 6.16. The molecule has 0 aliphatic rings. The molecule has 8 aromatic carbocycles. The molecule has 0 fully saturated rings. The molecule has 3 heterocycles. The molecule has 0 atom stereocenters. The smallest absolute Gasteiger partial charge is 0.101 e. The second-order valence-corrected chi connectivity index (χ2v) is 14.0. The first-order valence-corrected chi connectivity index (χ1v) is 18.3. The summed E-state index contributed by atoms with van der Waals surface area (Å²) >= 11 is 0. The third-order valence-electron chi connectivity index (χ3n) is 11.1. The van der Waals surface area contributed by atoms with E-state index < -0.39 is 0 Å². The van der Waals surface area contributed by atoms with Gasteiger partial charge >= 0.3 is 0 Å². The number of nitrogens with zero attached hydrogens (tertiary/aromatic N) is 5. The van der Waals surface area contributed by atoms with Gasteiger partial charge in [-0.05, 0) is 83.9 Å². The van der Waals surface area contributed by atoms with E-state index in [1.165, 1.54) is 32.6 Å². The third-order valence-corrected chi connectivity index (χ3v) is 11.1. The lowest BCUT2D eigenvalue weighted by molar-refractivity contribution is 1.16. The Morgan fingerprint density at radius 1 is 0.327 bits per heavy atom. The van der Waals surface area contributed by atoms with Crippen LogP contribution in [0.15, 0.2) is 176 Å². The fourth-order valence-corrected chi connectivity index (χ4v) is 8.83. The predicted molar refractivity (Wildman–Crippen MR) is 224 cm³/mol. The molecule has 0 unspecified atom stereocenters. The summed E-state index contributed by atoms with van der Waals surface area (Å²) in [5.41, 5.74) is 12.6. The topological polar surface area (TPSA) is 62.4 Å². The summed E-state index contributed by atoms with van der Waals surface area (Å²) in [5, 5.41) is 27.1. The number of rotatable bonds is 4. The molecule has 0 amide bonds. The molecule has 0 saturated heterocycles. The molecule has 0 aliphatic carbocycles. The maximum absolute atomic E-state index is 10.4. The number of hydrogen-bond acceptors (Lipinski definition) is 2. The minimum Gasteiger partial charge on any atom is -0.309 e. The molecule has 0 radical (unpaired) electrons. The average Bonchev–Trinajstić information content (AvgIpc) is 3.89. The van der Waals surface area contributed by atoms with Gasteiger partial charge in [0.05, 0.1) is 61.7 Å². The quantitative estimate of drug-likeness (QED) is 0.184. The molecule has 254 valence electrons. The minimum atomic E-state index is 0.560. The van der Waals surface area contributed by atoms with Crippen molar-refractivity contribution in [3.63, 3.8) is 0 Å². The third kappa shape index (κ3) is 4.39. The van der Waals surface area contributed by atoms with Crippen molar-refractivity contribution < 1.29 is 0 Å². The molecule has 5 heteroatoms. The Morgan fingerprint density at radius 2 is 0.818 bits per heavy atom. The van der Waals surface area contributed by atoms with Crippen molar-refractivity contribution in [3.05, 3.63) is 187 Å². The Balaban J connectivity index is 1.13. The number of nitriles is 2. The molecule has 3 aromatic heterocycles. The van der Waals surface area contributed by atoms with E-state index in [0.717, 1.165) is 61.0 Å². The standard InChI is InChI=1S/C50H29N5/c51-30-34-27-26-33(29-48(34)55-44-22-8-3-17-39(44)49-35(31-52)13-10-23-45(49)55)32-12-9-14-36(28-32)53-43-21-7-4-18-40(43)50-46(53)24-11-25-47(50)54-41-19-5-1-15-37(41)38-16-2-6-20-42(38)54/h1-29H. The summed E-state index contributed by atoms with van der Waals surface area (Å²) < 4.78 is 6.90. The lowest BCUT2D eigenvalue weighted by atomic mass is 10.0. The zero-order valence-corrected chi connectivity index (χ0v) is 29.5. The molecule has 11 rings (SSSR count). The molecule has 11 aromatic rings. The van der Waals surface area contributed by atoms with Crippen LogP contribution in [0.2, 0.25) is 0 Å². The molecule has 0 spiro atoms. The SMILES string of the molecule is N#Cc1ccc(-c2cccc(-n3c4ccccc4c4c(-n5c6ccccc6c6ccccc65)cccc43)c2)cc1-n1c2ccccc2c2c(C#N)cccc21. The van der Waals surface area contributed by atoms with Gasteiger partial charge in [0.15, 0.2) is 0 Å². The number of hydrogen-bond donors (Lipinski definition) is 0. The monoisotopic (exact) mass is 699 g/mol. The van der Waals surface area contributed by atoms with Gasteiger partial charge in [-0.1, -0.05) is 103 Å². The summed E-state index contributed by atoms with van der Waals surface area (Å²) in [7, 11) is 0. The maximum atomic E-state index is 10.4. The van der Waals surface area contributed by atoms with Crippen LogP contribution in [0.3, 0.4) is 0 Å². The summed E-state index contributed by atoms with van der Waals surface area (Å²) in [6.45, 7) is 0. The van der Waals surface area contributed by atoms with Crippen molar-refractivity contribution in [2.24, 2.45) is 0 Å². The van der Waals surface area contributed by atoms with E-state index in [1.807, 2.05) is 48.5 Å². The van der Waals surface area contributed by atoms with Crippen molar-refractivity contribution in [3.8, 4) is 40.3 Å². The van der Waals surface area contributed by atoms with Crippen molar-refractivity contribution in [2.75, 3.05) is 0 Å². The van der Waals surface area contributed by atoms with Crippen molar-refractivity contribution in [1.29, 1.82) is 10.5 Å². The highest BCUT2D eigenvalue weighted by Crippen LogP contribution is 2.41. The first-order chi connectivity index (χ1) is 27.2. The Labute approximate surface area is 316 Å². The van der Waals surface area contributed by atoms with E-state index in [0.29, 0.717) is 11.1 Å². The average molecular weight is 700 g/mol. The van der Waals surface area contributed by atoms with E-state index in [2.05, 4.69) is 153 Å². The van der Waals surface area contributed by atoms with E-state index in [4.69, 9.17) is 0 Å². The van der Waals surface area contributed by atoms with Crippen molar-refractivity contribution >= 4 is 65.4 Å². The van der Waals surface area contributed by atoms with Gasteiger partial charge < -0.3 is 13.7 Å². The fraction of sp³-hybridized carbons (Fsp3) is 0. The van der Waals surface area contributed by atoms with Gasteiger partial charge in [0, 0.05) is 38.0 Å². The van der Waals surface area contributed by atoms with Crippen LogP contribution in [0.1, 0.15) is 11.1 Å². The Kier molecular flexibility index (Phi) is 6.61. The first-order valence-electron chi connectivity index (χ1n) is 18.3. The highest BCUT2D eigenvalue weighted by Gasteiger charge is 2.21. The minimum absolute atomic E-state index is 0.560. The Morgan fingerprint density at radius 3 is 1.49 bits per heavy atom. The molecule has 5 nitrogen and oxygen atoms in total. The second kappa shape index (κ2) is 11.8. The van der Waals surface area contributed by atoms with E-state index in [1.54, 1.807) is 0 Å². The predicted octanol–water partition coefficient (Wildman–Crippen LogP) is 12.4. The van der Waals surface area contributed by atoms with Gasteiger partial charge in [-0.2, -0.15) is 10.5 Å². The van der Waals surface area contributed by atoms with E-state index >= 15 is 0 Å². The van der Waals surface area contributed by atoms with Crippen LogP contribution in [0.4, 0.5) is 0 Å². The molecule has 0 N–H and O–H groups in total. The van der Waals surface area contributed by atoms with Gasteiger partial charge in [-0.15, -0.1) is 0 Å². The van der Waals surface area contributed by atoms with Gasteiger partial charge in [0.2, 0.25) is 0 Å². The van der Waals surface area contributed by atoms with Crippen LogP contribution in [0.5, 0.6) is 0 Å². The van der Waals surface area contributed by atoms with E-state index in [-0.39, 0.29) is 0 Å². The summed E-state index contributed by atoms with van der Waals surface area (Å²) in [4.78, 5) is 0. The lowest BCUT2D eigenvalue weighted by Crippen LogP contribution is -1.99. The van der Waals surface area contributed by atoms with Gasteiger partial charge in [-0.3, -0.25) is 0 Å².